The Hall–Kier alpha value is -1.47. The van der Waals surface area contributed by atoms with Gasteiger partial charge in [0.05, 0.1) is 19.4 Å². The van der Waals surface area contributed by atoms with Crippen molar-refractivity contribution >= 4 is 5.82 Å². The first-order valence-corrected chi connectivity index (χ1v) is 4.00. The number of halogens is 1. The standard InChI is InChI=1S/C7H8FN3O3/c8-4-3-9-6(12)10-5(4)11-7-13-1-2-14-7/h3,7H,1-2H2,(H2,9,10,11,12). The molecule has 1 aliphatic heterocycles. The van der Waals surface area contributed by atoms with E-state index in [-0.39, 0.29) is 5.82 Å². The number of nitrogens with zero attached hydrogens (tertiary/aromatic N) is 1. The summed E-state index contributed by atoms with van der Waals surface area (Å²) in [4.78, 5) is 16.2. The van der Waals surface area contributed by atoms with Gasteiger partial charge in [-0.15, -0.1) is 0 Å². The minimum absolute atomic E-state index is 0.0862. The summed E-state index contributed by atoms with van der Waals surface area (Å²) in [6, 6.07) is 0. The number of rotatable bonds is 2. The van der Waals surface area contributed by atoms with Gasteiger partial charge >= 0.3 is 5.69 Å². The SMILES string of the molecule is O=c1ncc(F)c(NC2OCCO2)[nH]1. The molecule has 0 bridgehead atoms. The van der Waals surface area contributed by atoms with Crippen LogP contribution in [0.2, 0.25) is 0 Å². The molecule has 6 nitrogen and oxygen atoms in total. The second-order valence-corrected chi connectivity index (χ2v) is 2.63. The molecule has 1 fully saturated rings. The highest BCUT2D eigenvalue weighted by molar-refractivity contribution is 5.33. The van der Waals surface area contributed by atoms with Crippen LogP contribution >= 0.6 is 0 Å². The molecular formula is C7H8FN3O3. The Morgan fingerprint density at radius 1 is 1.57 bits per heavy atom. The fourth-order valence-corrected chi connectivity index (χ4v) is 1.04. The molecule has 2 rings (SSSR count). The van der Waals surface area contributed by atoms with Crippen molar-refractivity contribution in [3.8, 4) is 0 Å². The maximum absolute atomic E-state index is 13.0. The van der Waals surface area contributed by atoms with Crippen LogP contribution in [0.3, 0.4) is 0 Å². The van der Waals surface area contributed by atoms with E-state index in [0.29, 0.717) is 13.2 Å². The maximum atomic E-state index is 13.0. The number of aromatic nitrogens is 2. The molecule has 1 aliphatic rings. The van der Waals surface area contributed by atoms with E-state index in [4.69, 9.17) is 9.47 Å². The predicted molar refractivity (Wildman–Crippen MR) is 44.1 cm³/mol. The third kappa shape index (κ3) is 1.88. The van der Waals surface area contributed by atoms with E-state index in [1.807, 2.05) is 0 Å². The van der Waals surface area contributed by atoms with Crippen molar-refractivity contribution in [2.75, 3.05) is 18.5 Å². The van der Waals surface area contributed by atoms with Gasteiger partial charge in [-0.2, -0.15) is 4.98 Å². The number of ether oxygens (including phenoxy) is 2. The second kappa shape index (κ2) is 3.72. The lowest BCUT2D eigenvalue weighted by Gasteiger charge is -2.11. The van der Waals surface area contributed by atoms with E-state index < -0.39 is 17.9 Å². The number of aromatic amines is 1. The van der Waals surface area contributed by atoms with Gasteiger partial charge in [0.25, 0.3) is 0 Å². The average Bonchev–Trinajstić information content (AvgIpc) is 2.64. The van der Waals surface area contributed by atoms with E-state index in [9.17, 15) is 9.18 Å². The molecule has 76 valence electrons. The minimum Gasteiger partial charge on any atom is -0.333 e. The van der Waals surface area contributed by atoms with Gasteiger partial charge < -0.3 is 14.8 Å². The van der Waals surface area contributed by atoms with Gasteiger partial charge in [0, 0.05) is 0 Å². The molecule has 0 aromatic carbocycles. The quantitative estimate of drug-likeness (QED) is 0.684. The molecule has 1 aromatic heterocycles. The summed E-state index contributed by atoms with van der Waals surface area (Å²) in [5.41, 5.74) is -0.633. The third-order valence-corrected chi connectivity index (χ3v) is 1.65. The molecular weight excluding hydrogens is 193 g/mol. The monoisotopic (exact) mass is 201 g/mol. The van der Waals surface area contributed by atoms with Crippen molar-refractivity contribution in [1.82, 2.24) is 9.97 Å². The minimum atomic E-state index is -0.720. The summed E-state index contributed by atoms with van der Waals surface area (Å²) < 4.78 is 23.0. The summed E-state index contributed by atoms with van der Waals surface area (Å²) >= 11 is 0. The highest BCUT2D eigenvalue weighted by Crippen LogP contribution is 2.10. The van der Waals surface area contributed by atoms with Gasteiger partial charge in [-0.1, -0.05) is 0 Å². The Morgan fingerprint density at radius 2 is 2.29 bits per heavy atom. The van der Waals surface area contributed by atoms with Crippen molar-refractivity contribution in [3.63, 3.8) is 0 Å². The van der Waals surface area contributed by atoms with Gasteiger partial charge in [-0.05, 0) is 0 Å². The first-order valence-electron chi connectivity index (χ1n) is 4.00. The van der Waals surface area contributed by atoms with Crippen molar-refractivity contribution in [2.45, 2.75) is 6.41 Å². The first kappa shape index (κ1) is 9.10. The fourth-order valence-electron chi connectivity index (χ4n) is 1.04. The normalized spacial score (nSPS) is 17.2. The van der Waals surface area contributed by atoms with Gasteiger partial charge in [-0.25, -0.2) is 9.18 Å². The predicted octanol–water partition coefficient (Wildman–Crippen LogP) is -0.349. The zero-order chi connectivity index (χ0) is 9.97. The molecule has 0 spiro atoms. The number of nitrogens with one attached hydrogen (secondary N) is 2. The van der Waals surface area contributed by atoms with Crippen LogP contribution in [-0.2, 0) is 9.47 Å². The topological polar surface area (TPSA) is 76.2 Å². The van der Waals surface area contributed by atoms with Crippen LogP contribution in [0.4, 0.5) is 10.2 Å². The van der Waals surface area contributed by atoms with Crippen molar-refractivity contribution in [3.05, 3.63) is 22.5 Å². The lowest BCUT2D eigenvalue weighted by atomic mass is 10.5. The van der Waals surface area contributed by atoms with E-state index in [1.165, 1.54) is 0 Å². The Bertz CT molecular complexity index is 375. The summed E-state index contributed by atoms with van der Waals surface area (Å²) in [7, 11) is 0. The number of hydrogen-bond donors (Lipinski definition) is 2. The molecule has 2 N–H and O–H groups in total. The Kier molecular flexibility index (Phi) is 2.42. The molecule has 0 atom stereocenters. The third-order valence-electron chi connectivity index (χ3n) is 1.65. The molecule has 0 amide bonds. The summed E-state index contributed by atoms with van der Waals surface area (Å²) in [6.07, 6.45) is 0.110. The average molecular weight is 201 g/mol. The maximum Gasteiger partial charge on any atom is 0.346 e. The van der Waals surface area contributed by atoms with Crippen LogP contribution < -0.4 is 11.0 Å². The summed E-state index contributed by atoms with van der Waals surface area (Å²) in [6.45, 7) is 0.878. The molecule has 0 radical (unpaired) electrons. The molecule has 0 aliphatic carbocycles. The second-order valence-electron chi connectivity index (χ2n) is 2.63. The molecule has 2 heterocycles. The number of anilines is 1. The lowest BCUT2D eigenvalue weighted by Crippen LogP contribution is -2.24. The van der Waals surface area contributed by atoms with Crippen molar-refractivity contribution in [2.24, 2.45) is 0 Å². The van der Waals surface area contributed by atoms with Crippen molar-refractivity contribution < 1.29 is 13.9 Å². The van der Waals surface area contributed by atoms with Crippen LogP contribution in [0.15, 0.2) is 11.0 Å². The van der Waals surface area contributed by atoms with Crippen LogP contribution in [0.25, 0.3) is 0 Å². The number of H-pyrrole nitrogens is 1. The number of hydrogen-bond acceptors (Lipinski definition) is 5. The van der Waals surface area contributed by atoms with Crippen LogP contribution in [0, 0.1) is 5.82 Å². The summed E-state index contributed by atoms with van der Waals surface area (Å²) in [5, 5.41) is 2.53. The van der Waals surface area contributed by atoms with Gasteiger partial charge in [0.1, 0.15) is 5.82 Å². The molecule has 1 saturated heterocycles. The van der Waals surface area contributed by atoms with Gasteiger partial charge in [-0.3, -0.25) is 4.98 Å². The largest absolute Gasteiger partial charge is 0.346 e. The van der Waals surface area contributed by atoms with E-state index in [2.05, 4.69) is 15.3 Å². The Balaban J connectivity index is 2.14. The zero-order valence-corrected chi connectivity index (χ0v) is 7.12. The van der Waals surface area contributed by atoms with Crippen LogP contribution in [-0.4, -0.2) is 29.6 Å². The lowest BCUT2D eigenvalue weighted by molar-refractivity contribution is -0.0183. The molecule has 1 aromatic rings. The van der Waals surface area contributed by atoms with E-state index >= 15 is 0 Å². The van der Waals surface area contributed by atoms with E-state index in [1.54, 1.807) is 0 Å². The van der Waals surface area contributed by atoms with Gasteiger partial charge in [0.2, 0.25) is 6.41 Å². The molecule has 14 heavy (non-hydrogen) atoms. The van der Waals surface area contributed by atoms with Crippen molar-refractivity contribution in [1.29, 1.82) is 0 Å². The first-order chi connectivity index (χ1) is 6.75. The Labute approximate surface area is 78.1 Å². The van der Waals surface area contributed by atoms with Gasteiger partial charge in [0.15, 0.2) is 5.82 Å². The molecule has 0 unspecified atom stereocenters. The highest BCUT2D eigenvalue weighted by atomic mass is 19.1. The highest BCUT2D eigenvalue weighted by Gasteiger charge is 2.17. The zero-order valence-electron chi connectivity index (χ0n) is 7.12. The molecule has 0 saturated carbocycles. The van der Waals surface area contributed by atoms with Crippen LogP contribution in [0.5, 0.6) is 0 Å². The smallest absolute Gasteiger partial charge is 0.333 e. The van der Waals surface area contributed by atoms with Crippen LogP contribution in [0.1, 0.15) is 0 Å². The molecule has 7 heteroatoms. The summed E-state index contributed by atoms with van der Waals surface area (Å²) in [5.74, 6) is -0.749. The Morgan fingerprint density at radius 3 is 3.00 bits per heavy atom. The van der Waals surface area contributed by atoms with E-state index in [0.717, 1.165) is 6.20 Å². The fraction of sp³-hybridized carbons (Fsp3) is 0.429.